The van der Waals surface area contributed by atoms with Gasteiger partial charge in [0.15, 0.2) is 11.5 Å². The summed E-state index contributed by atoms with van der Waals surface area (Å²) in [4.78, 5) is 0. The van der Waals surface area contributed by atoms with Crippen LogP contribution in [0.25, 0.3) is 0 Å². The van der Waals surface area contributed by atoms with E-state index in [1.165, 1.54) is 0 Å². The quantitative estimate of drug-likeness (QED) is 0.637. The molecule has 0 saturated heterocycles. The minimum atomic E-state index is 0.661. The van der Waals surface area contributed by atoms with Crippen molar-refractivity contribution in [1.29, 1.82) is 0 Å². The molecule has 0 radical (unpaired) electrons. The van der Waals surface area contributed by atoms with Crippen LogP contribution in [0.15, 0.2) is 66.7 Å². The zero-order valence-corrected chi connectivity index (χ0v) is 16.1. The topological polar surface area (TPSA) is 27.7 Å². The van der Waals surface area contributed by atoms with Crippen molar-refractivity contribution in [2.75, 3.05) is 21.3 Å². The van der Waals surface area contributed by atoms with Crippen molar-refractivity contribution in [2.45, 2.75) is 0 Å². The van der Waals surface area contributed by atoms with Crippen LogP contribution in [-0.2, 0) is 0 Å². The predicted octanol–water partition coefficient (Wildman–Crippen LogP) is 4.51. The SMILES string of the molecule is COc1ccc(C#Cc2cccc(C#Cc3ccc(OC)c(OC)c3)c2)cc1. The average Bonchev–Trinajstić information content (AvgIpc) is 2.76. The van der Waals surface area contributed by atoms with Crippen LogP contribution in [0, 0.1) is 23.7 Å². The van der Waals surface area contributed by atoms with Gasteiger partial charge in [-0.2, -0.15) is 0 Å². The molecule has 138 valence electrons. The summed E-state index contributed by atoms with van der Waals surface area (Å²) in [6.45, 7) is 0. The lowest BCUT2D eigenvalue weighted by Gasteiger charge is -2.06. The van der Waals surface area contributed by atoms with E-state index in [0.717, 1.165) is 28.0 Å². The maximum atomic E-state index is 5.32. The molecule has 3 aromatic carbocycles. The fourth-order valence-corrected chi connectivity index (χ4v) is 2.55. The van der Waals surface area contributed by atoms with Crippen LogP contribution in [0.1, 0.15) is 22.3 Å². The molecule has 0 aromatic heterocycles. The Morgan fingerprint density at radius 2 is 1.04 bits per heavy atom. The molecular formula is C25H20O3. The number of benzene rings is 3. The standard InChI is InChI=1S/C25H20O3/c1-26-23-14-11-19(12-15-23)7-8-20-5-4-6-21(17-20)9-10-22-13-16-24(27-2)25(18-22)28-3/h4-6,11-18H,1-3H3. The van der Waals surface area contributed by atoms with E-state index in [4.69, 9.17) is 14.2 Å². The highest BCUT2D eigenvalue weighted by molar-refractivity contribution is 5.52. The van der Waals surface area contributed by atoms with Gasteiger partial charge in [0.1, 0.15) is 5.75 Å². The van der Waals surface area contributed by atoms with Gasteiger partial charge in [0.05, 0.1) is 21.3 Å². The fourth-order valence-electron chi connectivity index (χ4n) is 2.55. The van der Waals surface area contributed by atoms with Gasteiger partial charge in [0.2, 0.25) is 0 Å². The number of ether oxygens (including phenoxy) is 3. The van der Waals surface area contributed by atoms with E-state index >= 15 is 0 Å². The van der Waals surface area contributed by atoms with Crippen LogP contribution >= 0.6 is 0 Å². The Morgan fingerprint density at radius 1 is 0.500 bits per heavy atom. The van der Waals surface area contributed by atoms with E-state index in [9.17, 15) is 0 Å². The molecule has 0 saturated carbocycles. The van der Waals surface area contributed by atoms with Gasteiger partial charge in [-0.1, -0.05) is 29.7 Å². The first-order valence-electron chi connectivity index (χ1n) is 8.72. The maximum Gasteiger partial charge on any atom is 0.161 e. The lowest BCUT2D eigenvalue weighted by Crippen LogP contribution is -1.90. The van der Waals surface area contributed by atoms with Crippen LogP contribution in [0.2, 0.25) is 0 Å². The summed E-state index contributed by atoms with van der Waals surface area (Å²) in [6, 6.07) is 21.1. The Kier molecular flexibility index (Phi) is 6.24. The van der Waals surface area contributed by atoms with Gasteiger partial charge in [0, 0.05) is 22.3 Å². The molecule has 28 heavy (non-hydrogen) atoms. The molecule has 0 spiro atoms. The third-order valence-corrected chi connectivity index (χ3v) is 4.04. The fraction of sp³-hybridized carbons (Fsp3) is 0.120. The number of rotatable bonds is 3. The Morgan fingerprint density at radius 3 is 1.61 bits per heavy atom. The van der Waals surface area contributed by atoms with Crippen molar-refractivity contribution in [1.82, 2.24) is 0 Å². The smallest absolute Gasteiger partial charge is 0.161 e. The molecule has 0 N–H and O–H groups in total. The monoisotopic (exact) mass is 368 g/mol. The van der Waals surface area contributed by atoms with E-state index in [-0.39, 0.29) is 0 Å². The molecule has 0 aliphatic rings. The van der Waals surface area contributed by atoms with Crippen LogP contribution in [0.3, 0.4) is 0 Å². The molecule has 0 amide bonds. The molecule has 0 heterocycles. The molecular weight excluding hydrogens is 348 g/mol. The molecule has 3 nitrogen and oxygen atoms in total. The highest BCUT2D eigenvalue weighted by atomic mass is 16.5. The van der Waals surface area contributed by atoms with Crippen LogP contribution in [0.5, 0.6) is 17.2 Å². The van der Waals surface area contributed by atoms with Crippen LogP contribution < -0.4 is 14.2 Å². The van der Waals surface area contributed by atoms with Crippen molar-refractivity contribution in [3.05, 3.63) is 89.0 Å². The third-order valence-electron chi connectivity index (χ3n) is 4.04. The Balaban J connectivity index is 1.79. The van der Waals surface area contributed by atoms with Crippen LogP contribution in [0.4, 0.5) is 0 Å². The molecule has 0 aliphatic carbocycles. The largest absolute Gasteiger partial charge is 0.497 e. The van der Waals surface area contributed by atoms with Crippen molar-refractivity contribution < 1.29 is 14.2 Å². The van der Waals surface area contributed by atoms with Crippen LogP contribution in [-0.4, -0.2) is 21.3 Å². The van der Waals surface area contributed by atoms with E-state index in [1.807, 2.05) is 66.7 Å². The van der Waals surface area contributed by atoms with Crippen molar-refractivity contribution in [2.24, 2.45) is 0 Å². The highest BCUT2D eigenvalue weighted by Crippen LogP contribution is 2.27. The van der Waals surface area contributed by atoms with E-state index in [1.54, 1.807) is 21.3 Å². The van der Waals surface area contributed by atoms with Gasteiger partial charge >= 0.3 is 0 Å². The van der Waals surface area contributed by atoms with Gasteiger partial charge in [-0.3, -0.25) is 0 Å². The minimum Gasteiger partial charge on any atom is -0.497 e. The van der Waals surface area contributed by atoms with E-state index in [0.29, 0.717) is 11.5 Å². The van der Waals surface area contributed by atoms with E-state index < -0.39 is 0 Å². The minimum absolute atomic E-state index is 0.661. The molecule has 3 heteroatoms. The highest BCUT2D eigenvalue weighted by Gasteiger charge is 2.02. The summed E-state index contributed by atoms with van der Waals surface area (Å²) < 4.78 is 15.7. The zero-order valence-electron chi connectivity index (χ0n) is 16.1. The summed E-state index contributed by atoms with van der Waals surface area (Å²) in [5.41, 5.74) is 3.60. The third kappa shape index (κ3) is 4.87. The zero-order chi connectivity index (χ0) is 19.8. The van der Waals surface area contributed by atoms with E-state index in [2.05, 4.69) is 23.7 Å². The molecule has 3 rings (SSSR count). The maximum absolute atomic E-state index is 5.32. The Labute approximate surface area is 165 Å². The van der Waals surface area contributed by atoms with Gasteiger partial charge < -0.3 is 14.2 Å². The lowest BCUT2D eigenvalue weighted by atomic mass is 10.1. The number of hydrogen-bond donors (Lipinski definition) is 0. The molecule has 0 unspecified atom stereocenters. The Hall–Kier alpha value is -3.82. The molecule has 0 fully saturated rings. The first kappa shape index (κ1) is 19.0. The summed E-state index contributed by atoms with van der Waals surface area (Å²) in [5, 5.41) is 0. The lowest BCUT2D eigenvalue weighted by molar-refractivity contribution is 0.355. The van der Waals surface area contributed by atoms with Gasteiger partial charge in [-0.25, -0.2) is 0 Å². The molecule has 0 bridgehead atoms. The second-order valence-electron chi connectivity index (χ2n) is 5.88. The first-order chi connectivity index (χ1) is 13.7. The normalized spacial score (nSPS) is 9.39. The predicted molar refractivity (Wildman–Crippen MR) is 111 cm³/mol. The van der Waals surface area contributed by atoms with Gasteiger partial charge in [-0.05, 0) is 60.7 Å². The molecule has 0 aliphatic heterocycles. The van der Waals surface area contributed by atoms with Crippen molar-refractivity contribution >= 4 is 0 Å². The summed E-state index contributed by atoms with van der Waals surface area (Å²) in [6.07, 6.45) is 0. The summed E-state index contributed by atoms with van der Waals surface area (Å²) in [7, 11) is 4.87. The van der Waals surface area contributed by atoms with Gasteiger partial charge in [0.25, 0.3) is 0 Å². The number of hydrogen-bond acceptors (Lipinski definition) is 3. The van der Waals surface area contributed by atoms with Crippen molar-refractivity contribution in [3.8, 4) is 40.9 Å². The Bertz CT molecular complexity index is 1070. The first-order valence-corrected chi connectivity index (χ1v) is 8.72. The van der Waals surface area contributed by atoms with Gasteiger partial charge in [-0.15, -0.1) is 0 Å². The second-order valence-corrected chi connectivity index (χ2v) is 5.88. The summed E-state index contributed by atoms with van der Waals surface area (Å²) >= 11 is 0. The molecule has 3 aromatic rings. The van der Waals surface area contributed by atoms with Crippen molar-refractivity contribution in [3.63, 3.8) is 0 Å². The number of methoxy groups -OCH3 is 3. The summed E-state index contributed by atoms with van der Waals surface area (Å²) in [5.74, 6) is 14.8. The average molecular weight is 368 g/mol. The second kappa shape index (κ2) is 9.21. The molecule has 0 atom stereocenters.